The van der Waals surface area contributed by atoms with Gasteiger partial charge < -0.3 is 14.6 Å². The number of likely N-dealkylation sites (tertiary alicyclic amines) is 1. The minimum atomic E-state index is -0.934. The first-order valence-corrected chi connectivity index (χ1v) is 10.1. The summed E-state index contributed by atoms with van der Waals surface area (Å²) in [5, 5.41) is 19.2. The van der Waals surface area contributed by atoms with E-state index >= 15 is 0 Å². The molecular weight excluding hydrogens is 368 g/mol. The van der Waals surface area contributed by atoms with Crippen LogP contribution in [0.15, 0.2) is 47.4 Å². The first-order valence-electron chi connectivity index (χ1n) is 10.1. The van der Waals surface area contributed by atoms with Crippen molar-refractivity contribution in [3.05, 3.63) is 64.3 Å². The summed E-state index contributed by atoms with van der Waals surface area (Å²) < 4.78 is 1.98. The number of fused-ring (bicyclic) bond motifs is 2. The number of benzene rings is 1. The molecule has 3 heterocycles. The fraction of sp³-hybridized carbons (Fsp3) is 0.409. The monoisotopic (exact) mass is 392 g/mol. The predicted octanol–water partition coefficient (Wildman–Crippen LogP) is 2.02. The average Bonchev–Trinajstić information content (AvgIpc) is 3.36. The Balaban J connectivity index is 1.49. The van der Waals surface area contributed by atoms with Gasteiger partial charge in [-0.1, -0.05) is 18.2 Å². The highest BCUT2D eigenvalue weighted by atomic mass is 16.3. The average molecular weight is 392 g/mol. The molecule has 0 spiro atoms. The van der Waals surface area contributed by atoms with Crippen LogP contribution in [0.4, 0.5) is 0 Å². The number of aryl methyl sites for hydroxylation is 1. The van der Waals surface area contributed by atoms with E-state index in [2.05, 4.69) is 10.2 Å². The Morgan fingerprint density at radius 1 is 1.21 bits per heavy atom. The highest BCUT2D eigenvalue weighted by Crippen LogP contribution is 2.48. The van der Waals surface area contributed by atoms with Gasteiger partial charge >= 0.3 is 0 Å². The number of nitrogens with zero attached hydrogens (tertiary/aromatic N) is 3. The number of H-pyrrole nitrogens is 1. The van der Waals surface area contributed by atoms with Gasteiger partial charge in [0.15, 0.2) is 5.69 Å². The quantitative estimate of drug-likeness (QED) is 0.698. The van der Waals surface area contributed by atoms with Crippen LogP contribution in [0.25, 0.3) is 10.8 Å². The zero-order valence-corrected chi connectivity index (χ0v) is 16.3. The van der Waals surface area contributed by atoms with Crippen molar-refractivity contribution in [2.45, 2.75) is 24.9 Å². The molecule has 1 amide bonds. The smallest absolute Gasteiger partial charge is 0.274 e. The van der Waals surface area contributed by atoms with E-state index in [1.54, 1.807) is 29.2 Å². The number of carbonyl (C=O) groups is 1. The molecule has 29 heavy (non-hydrogen) atoms. The highest BCUT2D eigenvalue weighted by molar-refractivity contribution is 6.04. The van der Waals surface area contributed by atoms with Gasteiger partial charge in [-0.15, -0.1) is 0 Å². The van der Waals surface area contributed by atoms with E-state index in [1.807, 2.05) is 29.9 Å². The second kappa shape index (κ2) is 6.56. The molecular formula is C22H24N4O3. The Labute approximate surface area is 168 Å². The zero-order chi connectivity index (χ0) is 20.2. The van der Waals surface area contributed by atoms with Crippen molar-refractivity contribution in [1.29, 1.82) is 0 Å². The van der Waals surface area contributed by atoms with Crippen molar-refractivity contribution in [3.8, 4) is 0 Å². The summed E-state index contributed by atoms with van der Waals surface area (Å²) in [5.41, 5.74) is -0.0582. The molecule has 1 aliphatic carbocycles. The van der Waals surface area contributed by atoms with Crippen molar-refractivity contribution in [3.63, 3.8) is 0 Å². The lowest BCUT2D eigenvalue weighted by molar-refractivity contribution is -0.0697. The minimum Gasteiger partial charge on any atom is -0.383 e. The molecule has 0 radical (unpaired) electrons. The number of hydrogen-bond acceptors (Lipinski definition) is 4. The van der Waals surface area contributed by atoms with Gasteiger partial charge in [0.25, 0.3) is 11.5 Å². The van der Waals surface area contributed by atoms with Gasteiger partial charge in [0.2, 0.25) is 0 Å². The molecule has 1 aliphatic heterocycles. The first kappa shape index (κ1) is 18.1. The van der Waals surface area contributed by atoms with Crippen molar-refractivity contribution < 1.29 is 9.90 Å². The Kier molecular flexibility index (Phi) is 4.10. The van der Waals surface area contributed by atoms with E-state index in [9.17, 15) is 14.7 Å². The molecule has 2 N–H and O–H groups in total. The summed E-state index contributed by atoms with van der Waals surface area (Å²) in [7, 11) is 1.95. The molecule has 7 nitrogen and oxygen atoms in total. The lowest BCUT2D eigenvalue weighted by Crippen LogP contribution is -2.44. The largest absolute Gasteiger partial charge is 0.383 e. The summed E-state index contributed by atoms with van der Waals surface area (Å²) in [6.07, 6.45) is 4.59. The minimum absolute atomic E-state index is 0.0113. The summed E-state index contributed by atoms with van der Waals surface area (Å²) in [6.45, 7) is 1.09. The van der Waals surface area contributed by atoms with Gasteiger partial charge in [0.1, 0.15) is 5.60 Å². The van der Waals surface area contributed by atoms with Crippen molar-refractivity contribution in [2.75, 3.05) is 13.1 Å². The molecule has 3 atom stereocenters. The maximum absolute atomic E-state index is 13.3. The van der Waals surface area contributed by atoms with Crippen LogP contribution in [0.5, 0.6) is 0 Å². The fourth-order valence-electron chi connectivity index (χ4n) is 5.35. The molecule has 1 aromatic carbocycles. The van der Waals surface area contributed by atoms with E-state index in [4.69, 9.17) is 0 Å². The van der Waals surface area contributed by atoms with Crippen LogP contribution >= 0.6 is 0 Å². The number of aromatic amines is 1. The number of hydrogen-bond donors (Lipinski definition) is 2. The van der Waals surface area contributed by atoms with E-state index in [1.165, 1.54) is 0 Å². The molecule has 2 aromatic heterocycles. The molecule has 7 heteroatoms. The third kappa shape index (κ3) is 2.72. The summed E-state index contributed by atoms with van der Waals surface area (Å²) >= 11 is 0. The van der Waals surface area contributed by atoms with Gasteiger partial charge in [-0.2, -0.15) is 5.10 Å². The Bertz CT molecular complexity index is 1150. The van der Waals surface area contributed by atoms with Crippen LogP contribution in [0.1, 0.15) is 35.4 Å². The van der Waals surface area contributed by atoms with E-state index in [0.29, 0.717) is 30.3 Å². The van der Waals surface area contributed by atoms with Gasteiger partial charge in [-0.05, 0) is 43.4 Å². The normalized spacial score (nSPS) is 26.6. The molecule has 5 rings (SSSR count). The second-order valence-corrected chi connectivity index (χ2v) is 8.34. The SMILES string of the molecule is Cn1cccc1[C@]1(O)CCC[C@H]2CN(C(=O)c3n[nH]c(=O)c4ccccc34)C[C@H]21. The lowest BCUT2D eigenvalue weighted by atomic mass is 9.69. The lowest BCUT2D eigenvalue weighted by Gasteiger charge is -2.41. The molecule has 0 bridgehead atoms. The van der Waals surface area contributed by atoms with Crippen molar-refractivity contribution in [1.82, 2.24) is 19.7 Å². The number of aliphatic hydroxyl groups is 1. The standard InChI is InChI=1S/C22H24N4O3/c1-25-11-5-9-18(25)22(29)10-4-6-14-12-26(13-17(14)22)21(28)19-15-7-2-3-8-16(15)20(27)24-23-19/h2-3,5,7-9,11,14,17,29H,4,6,10,12-13H2,1H3,(H,24,27)/t14-,17+,22-/m0/s1. The van der Waals surface area contributed by atoms with Gasteiger partial charge in [0.05, 0.1) is 5.39 Å². The fourth-order valence-corrected chi connectivity index (χ4v) is 5.35. The summed E-state index contributed by atoms with van der Waals surface area (Å²) in [4.78, 5) is 27.2. The van der Waals surface area contributed by atoms with Gasteiger partial charge in [-0.25, -0.2) is 5.10 Å². The summed E-state index contributed by atoms with van der Waals surface area (Å²) in [6, 6.07) is 11.0. The molecule has 2 fully saturated rings. The van der Waals surface area contributed by atoms with Crippen LogP contribution < -0.4 is 5.56 Å². The maximum atomic E-state index is 13.3. The molecule has 150 valence electrons. The van der Waals surface area contributed by atoms with Gasteiger partial charge in [-0.3, -0.25) is 9.59 Å². The molecule has 1 saturated heterocycles. The van der Waals surface area contributed by atoms with Crippen molar-refractivity contribution in [2.24, 2.45) is 18.9 Å². The zero-order valence-electron chi connectivity index (χ0n) is 16.3. The third-order valence-electron chi connectivity index (χ3n) is 6.76. The van der Waals surface area contributed by atoms with Crippen LogP contribution in [0.3, 0.4) is 0 Å². The van der Waals surface area contributed by atoms with Gasteiger partial charge in [0, 0.05) is 43.3 Å². The predicted molar refractivity (Wildman–Crippen MR) is 108 cm³/mol. The van der Waals surface area contributed by atoms with E-state index < -0.39 is 5.60 Å². The molecule has 1 saturated carbocycles. The highest BCUT2D eigenvalue weighted by Gasteiger charge is 2.51. The Morgan fingerprint density at radius 2 is 2.00 bits per heavy atom. The molecule has 0 unspecified atom stereocenters. The molecule has 2 aliphatic rings. The first-order chi connectivity index (χ1) is 14.0. The van der Waals surface area contributed by atoms with E-state index in [-0.39, 0.29) is 29.0 Å². The van der Waals surface area contributed by atoms with Crippen LogP contribution in [0, 0.1) is 11.8 Å². The Morgan fingerprint density at radius 3 is 2.76 bits per heavy atom. The topological polar surface area (TPSA) is 91.2 Å². The number of rotatable bonds is 2. The summed E-state index contributed by atoms with van der Waals surface area (Å²) in [5.74, 6) is 0.0468. The van der Waals surface area contributed by atoms with Crippen molar-refractivity contribution >= 4 is 16.7 Å². The maximum Gasteiger partial charge on any atom is 0.274 e. The number of aromatic nitrogens is 3. The van der Waals surface area contributed by atoms with E-state index in [0.717, 1.165) is 18.5 Å². The van der Waals surface area contributed by atoms with Crippen LogP contribution in [0.2, 0.25) is 0 Å². The second-order valence-electron chi connectivity index (χ2n) is 8.34. The van der Waals surface area contributed by atoms with Crippen LogP contribution in [-0.4, -0.2) is 43.8 Å². The van der Waals surface area contributed by atoms with Crippen LogP contribution in [-0.2, 0) is 12.6 Å². The Hall–Kier alpha value is -2.93. The number of amides is 1. The third-order valence-corrected chi connectivity index (χ3v) is 6.76. The molecule has 3 aromatic rings. The number of nitrogens with one attached hydrogen (secondary N) is 1. The number of carbonyl (C=O) groups excluding carboxylic acids is 1.